The van der Waals surface area contributed by atoms with Gasteiger partial charge in [0.2, 0.25) is 18.4 Å². The van der Waals surface area contributed by atoms with E-state index in [9.17, 15) is 9.59 Å². The second-order valence-corrected chi connectivity index (χ2v) is 12.2. The first-order chi connectivity index (χ1) is 21.8. The molecule has 2 saturated heterocycles. The van der Waals surface area contributed by atoms with Gasteiger partial charge in [0.25, 0.3) is 0 Å². The molecule has 2 amide bonds. The van der Waals surface area contributed by atoms with Crippen molar-refractivity contribution in [3.63, 3.8) is 0 Å². The molecule has 0 spiro atoms. The zero-order valence-corrected chi connectivity index (χ0v) is 26.0. The molecule has 6 rings (SSSR count). The van der Waals surface area contributed by atoms with Crippen LogP contribution >= 0.6 is 0 Å². The predicted molar refractivity (Wildman–Crippen MR) is 174 cm³/mol. The molecule has 1 aromatic heterocycles. The number of nitrogens with zero attached hydrogens (tertiary/aromatic N) is 7. The summed E-state index contributed by atoms with van der Waals surface area (Å²) in [5.41, 5.74) is 9.67. The lowest BCUT2D eigenvalue weighted by Gasteiger charge is -2.41. The highest BCUT2D eigenvalue weighted by Gasteiger charge is 2.35. The van der Waals surface area contributed by atoms with E-state index in [0.29, 0.717) is 44.8 Å². The number of fused-ring (bicyclic) bond motifs is 2. The van der Waals surface area contributed by atoms with Gasteiger partial charge in [0, 0.05) is 61.0 Å². The first-order valence-corrected chi connectivity index (χ1v) is 15.6. The summed E-state index contributed by atoms with van der Waals surface area (Å²) in [6.07, 6.45) is 5.25. The summed E-state index contributed by atoms with van der Waals surface area (Å²) in [4.78, 5) is 46.3. The maximum absolute atomic E-state index is 12.9. The minimum atomic E-state index is -0.680. The van der Waals surface area contributed by atoms with Crippen molar-refractivity contribution >= 4 is 34.1 Å². The summed E-state index contributed by atoms with van der Waals surface area (Å²) >= 11 is 0. The van der Waals surface area contributed by atoms with Crippen LogP contribution < -0.4 is 20.3 Å². The molecular weight excluding hydrogens is 568 g/mol. The van der Waals surface area contributed by atoms with Gasteiger partial charge in [-0.1, -0.05) is 30.3 Å². The molecular formula is C34H40N8O3. The highest BCUT2D eigenvalue weighted by molar-refractivity contribution is 5.97. The van der Waals surface area contributed by atoms with E-state index in [1.807, 2.05) is 0 Å². The van der Waals surface area contributed by atoms with Gasteiger partial charge in [0.15, 0.2) is 0 Å². The van der Waals surface area contributed by atoms with Crippen molar-refractivity contribution in [2.24, 2.45) is 5.73 Å². The monoisotopic (exact) mass is 608 g/mol. The molecule has 0 bridgehead atoms. The molecule has 45 heavy (non-hydrogen) atoms. The van der Waals surface area contributed by atoms with Gasteiger partial charge in [0.05, 0.1) is 12.2 Å². The summed E-state index contributed by atoms with van der Waals surface area (Å²) in [5, 5.41) is 2.47. The maximum atomic E-state index is 12.9. The van der Waals surface area contributed by atoms with E-state index in [2.05, 4.69) is 69.9 Å². The van der Waals surface area contributed by atoms with Crippen LogP contribution in [0.15, 0.2) is 48.6 Å². The molecule has 11 nitrogen and oxygen atoms in total. The van der Waals surface area contributed by atoms with Crippen LogP contribution in [-0.2, 0) is 22.6 Å². The average molecular weight is 609 g/mol. The van der Waals surface area contributed by atoms with Gasteiger partial charge in [0.1, 0.15) is 18.5 Å². The third-order valence-corrected chi connectivity index (χ3v) is 9.29. The van der Waals surface area contributed by atoms with Crippen LogP contribution in [0.2, 0.25) is 0 Å². The third-order valence-electron chi connectivity index (χ3n) is 9.29. The first kappa shape index (κ1) is 30.3. The smallest absolute Gasteiger partial charge is 0.318 e. The van der Waals surface area contributed by atoms with Gasteiger partial charge in [-0.05, 0) is 56.8 Å². The fraction of sp³-hybridized carbons (Fsp3) is 0.441. The van der Waals surface area contributed by atoms with E-state index in [-0.39, 0.29) is 18.5 Å². The number of hydrogen-bond acceptors (Lipinski definition) is 8. The Labute approximate surface area is 264 Å². The minimum absolute atomic E-state index is 0.144. The number of hydrogen-bond donors (Lipinski definition) is 1. The van der Waals surface area contributed by atoms with Crippen LogP contribution in [0.1, 0.15) is 29.7 Å². The van der Waals surface area contributed by atoms with Crippen molar-refractivity contribution in [3.05, 3.63) is 76.8 Å². The van der Waals surface area contributed by atoms with Crippen molar-refractivity contribution in [3.8, 4) is 6.01 Å². The topological polar surface area (TPSA) is 112 Å². The molecule has 2 fully saturated rings. The second kappa shape index (κ2) is 13.1. The Kier molecular flexibility index (Phi) is 8.85. The van der Waals surface area contributed by atoms with Crippen molar-refractivity contribution in [1.82, 2.24) is 19.8 Å². The molecule has 2 atom stereocenters. The number of piperazine rings is 1. The number of aromatic nitrogens is 2. The van der Waals surface area contributed by atoms with Gasteiger partial charge in [-0.15, -0.1) is 0 Å². The standard InChI is InChI=1S/C34H40N8O3/c1-23-7-4-8-24-9-5-11-29(32(23)24)40-16-14-27-28(21-40)37-34(45-22-25-10-6-15-39(25)3)38-33(27)41-17-18-42(26(20-41)19-36-2)31(44)13-12-30(35)43/h4-5,7-9,11-13,25-26H,6,10,14-22H2,1,3H3,(H2,35,43)/b13-12+/t25-,26-/m0/s1. The molecule has 2 aromatic carbocycles. The molecule has 3 aliphatic heterocycles. The zero-order chi connectivity index (χ0) is 31.5. The number of rotatable bonds is 8. The molecule has 0 radical (unpaired) electrons. The van der Waals surface area contributed by atoms with Crippen LogP contribution in [0.5, 0.6) is 6.01 Å². The molecule has 0 aliphatic carbocycles. The highest BCUT2D eigenvalue weighted by Crippen LogP contribution is 2.36. The number of ether oxygens (including phenoxy) is 1. The molecule has 2 N–H and O–H groups in total. The van der Waals surface area contributed by atoms with Crippen LogP contribution in [0.4, 0.5) is 11.5 Å². The summed E-state index contributed by atoms with van der Waals surface area (Å²) in [7, 11) is 2.13. The SMILES string of the molecule is [C-]#[N+]C[C@H]1CN(c2nc(OC[C@@H]3CCCN3C)nc3c2CCN(c2cccc4cccc(C)c24)C3)CCN1C(=O)/C=C/C(N)=O. The van der Waals surface area contributed by atoms with Gasteiger partial charge in [-0.2, -0.15) is 9.97 Å². The fourth-order valence-electron chi connectivity index (χ4n) is 6.90. The molecule has 11 heteroatoms. The summed E-state index contributed by atoms with van der Waals surface area (Å²) in [6, 6.07) is 13.2. The highest BCUT2D eigenvalue weighted by atomic mass is 16.5. The predicted octanol–water partition coefficient (Wildman–Crippen LogP) is 2.95. The van der Waals surface area contributed by atoms with Crippen LogP contribution in [0, 0.1) is 13.5 Å². The normalized spacial score (nSPS) is 20.4. The van der Waals surface area contributed by atoms with Crippen molar-refractivity contribution < 1.29 is 14.3 Å². The number of aryl methyl sites for hydroxylation is 1. The van der Waals surface area contributed by atoms with Crippen LogP contribution in [0.3, 0.4) is 0 Å². The Bertz CT molecular complexity index is 1660. The van der Waals surface area contributed by atoms with Crippen molar-refractivity contribution in [2.45, 2.75) is 44.8 Å². The van der Waals surface area contributed by atoms with E-state index in [0.717, 1.165) is 55.5 Å². The maximum Gasteiger partial charge on any atom is 0.318 e. The number of anilines is 2. The second-order valence-electron chi connectivity index (χ2n) is 12.2. The quantitative estimate of drug-likeness (QED) is 0.307. The Morgan fingerprint density at radius 2 is 1.89 bits per heavy atom. The largest absolute Gasteiger partial charge is 0.462 e. The van der Waals surface area contributed by atoms with Gasteiger partial charge < -0.3 is 34.9 Å². The number of carbonyl (C=O) groups excluding carboxylic acids is 2. The number of amides is 2. The van der Waals surface area contributed by atoms with Gasteiger partial charge >= 0.3 is 6.01 Å². The lowest BCUT2D eigenvalue weighted by Crippen LogP contribution is -2.56. The van der Waals surface area contributed by atoms with Crippen LogP contribution in [-0.4, -0.2) is 96.6 Å². The summed E-state index contributed by atoms with van der Waals surface area (Å²) in [5.74, 6) is -0.184. The Morgan fingerprint density at radius 3 is 2.64 bits per heavy atom. The van der Waals surface area contributed by atoms with E-state index in [4.69, 9.17) is 27.0 Å². The Balaban J connectivity index is 1.32. The van der Waals surface area contributed by atoms with Crippen LogP contribution in [0.25, 0.3) is 15.6 Å². The summed E-state index contributed by atoms with van der Waals surface area (Å²) in [6.45, 7) is 14.2. The average Bonchev–Trinajstić information content (AvgIpc) is 3.46. The van der Waals surface area contributed by atoms with E-state index >= 15 is 0 Å². The molecule has 0 saturated carbocycles. The molecule has 4 heterocycles. The van der Waals surface area contributed by atoms with Gasteiger partial charge in [-0.25, -0.2) is 6.57 Å². The number of carbonyl (C=O) groups is 2. The molecule has 0 unspecified atom stereocenters. The Morgan fingerprint density at radius 1 is 1.07 bits per heavy atom. The first-order valence-electron chi connectivity index (χ1n) is 15.6. The van der Waals surface area contributed by atoms with E-state index < -0.39 is 5.91 Å². The third kappa shape index (κ3) is 6.42. The fourth-order valence-corrected chi connectivity index (χ4v) is 6.90. The van der Waals surface area contributed by atoms with Gasteiger partial charge in [-0.3, -0.25) is 9.59 Å². The van der Waals surface area contributed by atoms with E-state index in [1.54, 1.807) is 4.90 Å². The minimum Gasteiger partial charge on any atom is -0.462 e. The zero-order valence-electron chi connectivity index (χ0n) is 26.0. The number of primary amides is 1. The molecule has 234 valence electrons. The summed E-state index contributed by atoms with van der Waals surface area (Å²) < 4.78 is 6.30. The number of benzene rings is 2. The van der Waals surface area contributed by atoms with Crippen molar-refractivity contribution in [1.29, 1.82) is 0 Å². The lowest BCUT2D eigenvalue weighted by molar-refractivity contribution is -0.128. The molecule has 3 aromatic rings. The lowest BCUT2D eigenvalue weighted by atomic mass is 9.99. The van der Waals surface area contributed by atoms with E-state index in [1.165, 1.54) is 28.1 Å². The Hall–Kier alpha value is -4.69. The van der Waals surface area contributed by atoms with Crippen molar-refractivity contribution in [2.75, 3.05) is 62.7 Å². The molecule has 3 aliphatic rings. The number of nitrogens with two attached hydrogens (primary N) is 1. The number of likely N-dealkylation sites (tertiary alicyclic amines) is 1. The number of likely N-dealkylation sites (N-methyl/N-ethyl adjacent to an activating group) is 1.